The van der Waals surface area contributed by atoms with E-state index < -0.39 is 0 Å². The first-order valence-corrected chi connectivity index (χ1v) is 1.05. The molecule has 0 aromatic rings. The van der Waals surface area contributed by atoms with Crippen molar-refractivity contribution in [2.24, 2.45) is 0 Å². The molecule has 0 atom stereocenters. The van der Waals surface area contributed by atoms with E-state index in [-0.39, 0.29) is 0 Å². The second-order valence-corrected chi connectivity index (χ2v) is 0.418. The summed E-state index contributed by atoms with van der Waals surface area (Å²) >= 11 is 0. The summed E-state index contributed by atoms with van der Waals surface area (Å²) in [5, 5.41) is 13.7. The molecule has 0 aliphatic carbocycles. The van der Waals surface area contributed by atoms with Crippen molar-refractivity contribution in [1.29, 1.82) is 10.7 Å². The molecule has 0 heterocycles. The average Bonchev–Trinajstić information content (AvgIpc) is 1.41. The molecule has 0 aromatic heterocycles. The Balaban J connectivity index is 3.46. The van der Waals surface area contributed by atoms with Crippen molar-refractivity contribution in [3.05, 3.63) is 0 Å². The minimum atomic E-state index is 0.972. The standard InChI is InChI=1S/C2HBN2/c4-1-3-2-5/h4H. The molecule has 22 valence electrons. The predicted octanol–water partition coefficient (Wildman–Crippen LogP) is -0.344. The molecule has 0 rings (SSSR count). The van der Waals surface area contributed by atoms with E-state index in [1.54, 1.807) is 11.7 Å². The van der Waals surface area contributed by atoms with Gasteiger partial charge in [0.25, 0.3) is 0 Å². The van der Waals surface area contributed by atoms with E-state index in [1.165, 1.54) is 0 Å². The summed E-state index contributed by atoms with van der Waals surface area (Å²) in [6.07, 6.45) is 0. The van der Waals surface area contributed by atoms with Crippen LogP contribution in [-0.4, -0.2) is 12.7 Å². The van der Waals surface area contributed by atoms with Crippen LogP contribution in [0.25, 0.3) is 0 Å². The maximum absolute atomic E-state index is 7.58. The van der Waals surface area contributed by atoms with Crippen LogP contribution in [0.5, 0.6) is 0 Å². The van der Waals surface area contributed by atoms with E-state index in [4.69, 9.17) is 10.7 Å². The topological polar surface area (TPSA) is 47.6 Å². The van der Waals surface area contributed by atoms with Crippen LogP contribution in [0.3, 0.4) is 0 Å². The van der Waals surface area contributed by atoms with Crippen molar-refractivity contribution in [3.8, 4) is 5.97 Å². The number of hydrogen-bond donors (Lipinski definition) is 1. The summed E-state index contributed by atoms with van der Waals surface area (Å²) in [6, 6.07) is 0. The van der Waals surface area contributed by atoms with Crippen molar-refractivity contribution in [1.82, 2.24) is 0 Å². The van der Waals surface area contributed by atoms with Crippen LogP contribution < -0.4 is 0 Å². The fraction of sp³-hybridized carbons (Fsp3) is 0. The fourth-order valence-electron chi connectivity index (χ4n) is 0.0323. The number of nitrogens with zero attached hydrogens (tertiary/aromatic N) is 1. The molecule has 3 heteroatoms. The third kappa shape index (κ3) is 3.13. The van der Waals surface area contributed by atoms with Gasteiger partial charge in [-0.3, -0.25) is 0 Å². The Kier molecular flexibility index (Phi) is 2.59. The van der Waals surface area contributed by atoms with Crippen LogP contribution >= 0.6 is 0 Å². The Labute approximate surface area is 30.5 Å². The zero-order valence-electron chi connectivity index (χ0n) is 2.52. The first kappa shape index (κ1) is 4.13. The molecule has 0 radical (unpaired) electrons. The summed E-state index contributed by atoms with van der Waals surface area (Å²) in [7, 11) is 0. The van der Waals surface area contributed by atoms with Crippen molar-refractivity contribution in [3.63, 3.8) is 0 Å². The van der Waals surface area contributed by atoms with Gasteiger partial charge in [0.2, 0.25) is 0 Å². The van der Waals surface area contributed by atoms with Gasteiger partial charge in [-0.25, -0.2) is 0 Å². The summed E-state index contributed by atoms with van der Waals surface area (Å²) < 4.78 is 0. The van der Waals surface area contributed by atoms with Gasteiger partial charge in [0.1, 0.15) is 0 Å². The summed E-state index contributed by atoms with van der Waals surface area (Å²) in [5.74, 6) is 3.38. The molecule has 0 amide bonds. The Bertz CT molecular complexity index is 94.7. The normalized spacial score (nSPS) is 3.00. The van der Waals surface area contributed by atoms with E-state index in [2.05, 4.69) is 0 Å². The van der Waals surface area contributed by atoms with Crippen LogP contribution in [0.4, 0.5) is 0 Å². The van der Waals surface area contributed by atoms with Crippen LogP contribution in [0.2, 0.25) is 0 Å². The van der Waals surface area contributed by atoms with Crippen LogP contribution in [0, 0.1) is 16.6 Å². The van der Waals surface area contributed by atoms with Crippen LogP contribution in [0.15, 0.2) is 0 Å². The Morgan fingerprint density at radius 2 is 2.40 bits per heavy atom. The third-order valence-electron chi connectivity index (χ3n) is 0.137. The average molecular weight is 63.9 g/mol. The summed E-state index contributed by atoms with van der Waals surface area (Å²) in [5.41, 5.74) is 0. The van der Waals surface area contributed by atoms with Gasteiger partial charge in [-0.05, 0) is 0 Å². The molecule has 1 N–H and O–H groups in total. The van der Waals surface area contributed by atoms with Gasteiger partial charge in [0.15, 0.2) is 0 Å². The van der Waals surface area contributed by atoms with Crippen LogP contribution in [0.1, 0.15) is 0 Å². The Morgan fingerprint density at radius 1 is 1.80 bits per heavy atom. The predicted molar refractivity (Wildman–Crippen MR) is 19.1 cm³/mol. The molecule has 0 bridgehead atoms. The fourth-order valence-corrected chi connectivity index (χ4v) is 0.0323. The summed E-state index contributed by atoms with van der Waals surface area (Å²) in [4.78, 5) is 0. The summed E-state index contributed by atoms with van der Waals surface area (Å²) in [6.45, 7) is 0.972. The molecule has 2 nitrogen and oxygen atoms in total. The zero-order valence-corrected chi connectivity index (χ0v) is 2.52. The number of hydrogen-bond acceptors (Lipinski definition) is 2. The monoisotopic (exact) mass is 64.0 g/mol. The van der Waals surface area contributed by atoms with Gasteiger partial charge in [-0.1, -0.05) is 0 Å². The van der Waals surface area contributed by atoms with Gasteiger partial charge in [-0.2, -0.15) is 0 Å². The van der Waals surface area contributed by atoms with Crippen molar-refractivity contribution in [2.75, 3.05) is 0 Å². The van der Waals surface area contributed by atoms with Gasteiger partial charge >= 0.3 is 29.3 Å². The van der Waals surface area contributed by atoms with Gasteiger partial charge < -0.3 is 0 Å². The van der Waals surface area contributed by atoms with Gasteiger partial charge in [-0.15, -0.1) is 0 Å². The molecule has 0 spiro atoms. The van der Waals surface area contributed by atoms with Crippen molar-refractivity contribution < 1.29 is 0 Å². The molecule has 0 unspecified atom stereocenters. The molecule has 0 fully saturated rings. The first-order chi connectivity index (χ1) is 2.41. The maximum atomic E-state index is 7.58. The minimum absolute atomic E-state index is 0.972. The van der Waals surface area contributed by atoms with Gasteiger partial charge in [0.05, 0.1) is 0 Å². The van der Waals surface area contributed by atoms with E-state index >= 15 is 0 Å². The Hall–Kier alpha value is -0.865. The van der Waals surface area contributed by atoms with E-state index in [1.807, 2.05) is 0 Å². The SMILES string of the molecule is N#CB=C=N. The zero-order chi connectivity index (χ0) is 4.12. The molecule has 0 aliphatic rings. The number of nitriles is 1. The molecular formula is C2HBN2. The van der Waals surface area contributed by atoms with E-state index in [0.717, 1.165) is 6.92 Å². The molecular weight excluding hydrogens is 62.8 g/mol. The van der Waals surface area contributed by atoms with Gasteiger partial charge in [0, 0.05) is 0 Å². The molecule has 0 aliphatic heterocycles. The second kappa shape index (κ2) is 3.13. The molecule has 5 heavy (non-hydrogen) atoms. The second-order valence-electron chi connectivity index (χ2n) is 0.418. The molecule has 0 saturated carbocycles. The molecule has 0 aromatic carbocycles. The first-order valence-electron chi connectivity index (χ1n) is 1.05. The number of nitrogens with one attached hydrogen (secondary N) is 1. The van der Waals surface area contributed by atoms with E-state index in [0.29, 0.717) is 0 Å². The number of rotatable bonds is 0. The van der Waals surface area contributed by atoms with Crippen LogP contribution in [-0.2, 0) is 0 Å². The van der Waals surface area contributed by atoms with Crippen molar-refractivity contribution >= 4 is 12.7 Å². The third-order valence-corrected chi connectivity index (χ3v) is 0.137. The Morgan fingerprint density at radius 3 is 2.40 bits per heavy atom. The quantitative estimate of drug-likeness (QED) is 0.304. The molecule has 0 saturated heterocycles. The van der Waals surface area contributed by atoms with E-state index in [9.17, 15) is 0 Å². The van der Waals surface area contributed by atoms with Crippen molar-refractivity contribution in [2.45, 2.75) is 0 Å².